The fraction of sp³-hybridized carbons (Fsp3) is 0.455. The van der Waals surface area contributed by atoms with Crippen molar-refractivity contribution >= 4 is 0 Å². The van der Waals surface area contributed by atoms with Crippen molar-refractivity contribution in [3.8, 4) is 11.5 Å². The van der Waals surface area contributed by atoms with Crippen LogP contribution in [0.15, 0.2) is 21.2 Å². The molecular formula is C11H15N3O3. The van der Waals surface area contributed by atoms with E-state index < -0.39 is 6.10 Å². The molecule has 0 aromatic carbocycles. The molecule has 0 aliphatic heterocycles. The van der Waals surface area contributed by atoms with Gasteiger partial charge in [-0.15, -0.1) is 0 Å². The van der Waals surface area contributed by atoms with E-state index in [1.165, 1.54) is 6.20 Å². The minimum Gasteiger partial charge on any atom is -0.436 e. The Hall–Kier alpha value is -1.66. The van der Waals surface area contributed by atoms with Crippen LogP contribution in [-0.2, 0) is 0 Å². The van der Waals surface area contributed by atoms with Crippen molar-refractivity contribution < 1.29 is 14.0 Å². The van der Waals surface area contributed by atoms with Crippen molar-refractivity contribution in [1.82, 2.24) is 10.1 Å². The van der Waals surface area contributed by atoms with Gasteiger partial charge >= 0.3 is 0 Å². The van der Waals surface area contributed by atoms with Crippen molar-refractivity contribution in [3.05, 3.63) is 23.9 Å². The molecule has 0 radical (unpaired) electrons. The second kappa shape index (κ2) is 4.68. The average Bonchev–Trinajstić information content (AvgIpc) is 2.95. The number of nitrogens with zero attached hydrogens (tertiary/aromatic N) is 2. The van der Waals surface area contributed by atoms with Gasteiger partial charge in [0.15, 0.2) is 11.5 Å². The Bertz CT molecular complexity index is 492. The van der Waals surface area contributed by atoms with Crippen molar-refractivity contribution in [1.29, 1.82) is 0 Å². The molecule has 2 aromatic rings. The van der Waals surface area contributed by atoms with Gasteiger partial charge in [0.25, 0.3) is 0 Å². The molecule has 0 bridgehead atoms. The highest BCUT2D eigenvalue weighted by Gasteiger charge is 2.21. The van der Waals surface area contributed by atoms with E-state index in [-0.39, 0.29) is 11.9 Å². The second-order valence-corrected chi connectivity index (χ2v) is 3.90. The summed E-state index contributed by atoms with van der Waals surface area (Å²) in [6, 6.07) is 1.34. The number of aryl methyl sites for hydroxylation is 1. The van der Waals surface area contributed by atoms with Gasteiger partial charge < -0.3 is 19.8 Å². The molecule has 92 valence electrons. The molecule has 0 amide bonds. The van der Waals surface area contributed by atoms with Crippen LogP contribution in [-0.4, -0.2) is 21.3 Å². The fourth-order valence-corrected chi connectivity index (χ4v) is 1.43. The van der Waals surface area contributed by atoms with Gasteiger partial charge in [-0.2, -0.15) is 0 Å². The summed E-state index contributed by atoms with van der Waals surface area (Å²) in [4.78, 5) is 3.99. The topological polar surface area (TPSA) is 98.3 Å². The first-order valence-electron chi connectivity index (χ1n) is 5.45. The Morgan fingerprint density at radius 1 is 1.53 bits per heavy atom. The van der Waals surface area contributed by atoms with Crippen LogP contribution in [0.1, 0.15) is 31.1 Å². The molecule has 3 N–H and O–H groups in total. The molecule has 1 unspecified atom stereocenters. The van der Waals surface area contributed by atoms with E-state index in [0.29, 0.717) is 23.6 Å². The monoisotopic (exact) mass is 237 g/mol. The number of hydrogen-bond acceptors (Lipinski definition) is 6. The summed E-state index contributed by atoms with van der Waals surface area (Å²) in [5.74, 6) is 1.35. The molecule has 0 aliphatic rings. The third kappa shape index (κ3) is 2.37. The first kappa shape index (κ1) is 11.8. The van der Waals surface area contributed by atoms with Crippen molar-refractivity contribution in [3.63, 3.8) is 0 Å². The quantitative estimate of drug-likeness (QED) is 0.834. The Morgan fingerprint density at radius 3 is 2.88 bits per heavy atom. The normalized spacial score (nSPS) is 14.8. The van der Waals surface area contributed by atoms with E-state index >= 15 is 0 Å². The van der Waals surface area contributed by atoms with Crippen LogP contribution < -0.4 is 5.73 Å². The highest BCUT2D eigenvalue weighted by molar-refractivity contribution is 5.50. The predicted octanol–water partition coefficient (Wildman–Crippen LogP) is 1.41. The SMILES string of the molecule is CCC(N)[C@H](O)c1ncc(-c2cc(C)on2)o1. The van der Waals surface area contributed by atoms with Crippen molar-refractivity contribution in [2.45, 2.75) is 32.4 Å². The fourth-order valence-electron chi connectivity index (χ4n) is 1.43. The Kier molecular flexibility index (Phi) is 3.26. The summed E-state index contributed by atoms with van der Waals surface area (Å²) >= 11 is 0. The largest absolute Gasteiger partial charge is 0.436 e. The van der Waals surface area contributed by atoms with Crippen molar-refractivity contribution in [2.24, 2.45) is 5.73 Å². The summed E-state index contributed by atoms with van der Waals surface area (Å²) in [7, 11) is 0. The lowest BCUT2D eigenvalue weighted by Gasteiger charge is -2.12. The van der Waals surface area contributed by atoms with Gasteiger partial charge in [-0.25, -0.2) is 4.98 Å². The van der Waals surface area contributed by atoms with E-state index in [9.17, 15) is 5.11 Å². The molecule has 2 aromatic heterocycles. The summed E-state index contributed by atoms with van der Waals surface area (Å²) in [5, 5.41) is 13.6. The van der Waals surface area contributed by atoms with Crippen LogP contribution in [0.2, 0.25) is 0 Å². The summed E-state index contributed by atoms with van der Waals surface area (Å²) < 4.78 is 10.3. The van der Waals surface area contributed by atoms with Gasteiger partial charge in [-0.3, -0.25) is 0 Å². The lowest BCUT2D eigenvalue weighted by molar-refractivity contribution is 0.114. The van der Waals surface area contributed by atoms with Gasteiger partial charge in [-0.1, -0.05) is 12.1 Å². The zero-order valence-electron chi connectivity index (χ0n) is 9.75. The molecule has 6 nitrogen and oxygen atoms in total. The number of aliphatic hydroxyl groups is 1. The molecule has 0 spiro atoms. The van der Waals surface area contributed by atoms with Gasteiger partial charge in [0, 0.05) is 12.1 Å². The Labute approximate surface area is 98.4 Å². The third-order valence-electron chi connectivity index (χ3n) is 2.53. The minimum absolute atomic E-state index is 0.204. The number of oxazole rings is 1. The van der Waals surface area contributed by atoms with E-state index in [4.69, 9.17) is 14.7 Å². The number of rotatable bonds is 4. The predicted molar refractivity (Wildman–Crippen MR) is 60.0 cm³/mol. The maximum atomic E-state index is 9.83. The van der Waals surface area contributed by atoms with E-state index in [1.807, 2.05) is 6.92 Å². The lowest BCUT2D eigenvalue weighted by atomic mass is 10.1. The standard InChI is InChI=1S/C11H15N3O3/c1-3-7(12)10(15)11-13-5-9(16-11)8-4-6(2)17-14-8/h4-5,7,10,15H,3,12H2,1-2H3/t7?,10-/m0/s1. The average molecular weight is 237 g/mol. The molecule has 0 aliphatic carbocycles. The molecule has 0 fully saturated rings. The molecule has 2 heterocycles. The van der Waals surface area contributed by atoms with Gasteiger partial charge in [-0.05, 0) is 13.3 Å². The minimum atomic E-state index is -0.901. The molecular weight excluding hydrogens is 222 g/mol. The lowest BCUT2D eigenvalue weighted by Crippen LogP contribution is -2.27. The molecule has 6 heteroatoms. The van der Waals surface area contributed by atoms with Gasteiger partial charge in [0.1, 0.15) is 11.9 Å². The summed E-state index contributed by atoms with van der Waals surface area (Å²) in [5.41, 5.74) is 6.27. The summed E-state index contributed by atoms with van der Waals surface area (Å²) in [6.45, 7) is 3.67. The van der Waals surface area contributed by atoms with Crippen molar-refractivity contribution in [2.75, 3.05) is 0 Å². The Balaban J connectivity index is 2.21. The highest BCUT2D eigenvalue weighted by atomic mass is 16.5. The second-order valence-electron chi connectivity index (χ2n) is 3.90. The van der Waals surface area contributed by atoms with E-state index in [1.54, 1.807) is 13.0 Å². The van der Waals surface area contributed by atoms with Gasteiger partial charge in [0.2, 0.25) is 5.89 Å². The van der Waals surface area contributed by atoms with Crippen LogP contribution in [0.25, 0.3) is 11.5 Å². The van der Waals surface area contributed by atoms with Crippen LogP contribution in [0.4, 0.5) is 0 Å². The number of nitrogens with two attached hydrogens (primary N) is 1. The molecule has 17 heavy (non-hydrogen) atoms. The number of aromatic nitrogens is 2. The van der Waals surface area contributed by atoms with Crippen LogP contribution >= 0.6 is 0 Å². The van der Waals surface area contributed by atoms with E-state index in [2.05, 4.69) is 10.1 Å². The van der Waals surface area contributed by atoms with Crippen LogP contribution in [0.5, 0.6) is 0 Å². The maximum Gasteiger partial charge on any atom is 0.225 e. The molecule has 0 saturated carbocycles. The molecule has 0 saturated heterocycles. The van der Waals surface area contributed by atoms with E-state index in [0.717, 1.165) is 0 Å². The van der Waals surface area contributed by atoms with Gasteiger partial charge in [0.05, 0.1) is 6.20 Å². The zero-order chi connectivity index (χ0) is 12.4. The van der Waals surface area contributed by atoms with Crippen LogP contribution in [0.3, 0.4) is 0 Å². The molecule has 2 rings (SSSR count). The maximum absolute atomic E-state index is 9.83. The highest BCUT2D eigenvalue weighted by Crippen LogP contribution is 2.24. The summed E-state index contributed by atoms with van der Waals surface area (Å²) in [6.07, 6.45) is 1.24. The first-order chi connectivity index (χ1) is 8.11. The zero-order valence-corrected chi connectivity index (χ0v) is 9.75. The first-order valence-corrected chi connectivity index (χ1v) is 5.45. The third-order valence-corrected chi connectivity index (χ3v) is 2.53. The van der Waals surface area contributed by atoms with Crippen LogP contribution in [0, 0.1) is 6.92 Å². The Morgan fingerprint density at radius 2 is 2.29 bits per heavy atom. The number of aliphatic hydroxyl groups excluding tert-OH is 1. The molecule has 2 atom stereocenters. The number of hydrogen-bond donors (Lipinski definition) is 2. The smallest absolute Gasteiger partial charge is 0.225 e.